The van der Waals surface area contributed by atoms with Crippen LogP contribution >= 0.6 is 0 Å². The van der Waals surface area contributed by atoms with Gasteiger partial charge in [-0.3, -0.25) is 19.7 Å². The van der Waals surface area contributed by atoms with Gasteiger partial charge in [0, 0.05) is 37.4 Å². The molecule has 1 atom stereocenters. The molecule has 0 aromatic heterocycles. The minimum absolute atomic E-state index is 0.0139. The first-order valence-electron chi connectivity index (χ1n) is 7.58. The molecular weight excluding hydrogens is 316 g/mol. The van der Waals surface area contributed by atoms with Crippen molar-refractivity contribution in [2.45, 2.75) is 19.8 Å². The first-order valence-corrected chi connectivity index (χ1v) is 7.58. The molecule has 8 heteroatoms. The van der Waals surface area contributed by atoms with Gasteiger partial charge >= 0.3 is 5.97 Å². The number of nitro groups is 1. The number of carboxylic acids is 1. The van der Waals surface area contributed by atoms with Crippen LogP contribution in [0.4, 0.5) is 5.69 Å². The lowest BCUT2D eigenvalue weighted by molar-refractivity contribution is -0.385. The fourth-order valence-electron chi connectivity index (χ4n) is 3.16. The molecule has 1 N–H and O–H groups in total. The van der Waals surface area contributed by atoms with Gasteiger partial charge in [-0.2, -0.15) is 0 Å². The number of hydrogen-bond acceptors (Lipinski definition) is 5. The fourth-order valence-corrected chi connectivity index (χ4v) is 3.16. The number of likely N-dealkylation sites (tertiary alicyclic amines) is 1. The van der Waals surface area contributed by atoms with Crippen LogP contribution in [0.2, 0.25) is 0 Å². The lowest BCUT2D eigenvalue weighted by atomic mass is 9.80. The Morgan fingerprint density at radius 2 is 2.17 bits per heavy atom. The summed E-state index contributed by atoms with van der Waals surface area (Å²) in [5, 5.41) is 20.6. The number of nitrogens with zero attached hydrogens (tertiary/aromatic N) is 2. The smallest absolute Gasteiger partial charge is 0.313 e. The minimum Gasteiger partial charge on any atom is -0.481 e. The number of carbonyl (C=O) groups is 2. The predicted octanol–water partition coefficient (Wildman–Crippen LogP) is 1.86. The molecule has 1 heterocycles. The number of benzene rings is 1. The van der Waals surface area contributed by atoms with Gasteiger partial charge in [0.25, 0.3) is 11.6 Å². The number of nitro benzene ring substituents is 1. The van der Waals surface area contributed by atoms with Gasteiger partial charge in [0.2, 0.25) is 0 Å². The van der Waals surface area contributed by atoms with Crippen LogP contribution < -0.4 is 0 Å². The summed E-state index contributed by atoms with van der Waals surface area (Å²) in [5.74, 6) is -1.39. The Morgan fingerprint density at radius 1 is 1.46 bits per heavy atom. The highest BCUT2D eigenvalue weighted by Gasteiger charge is 2.44. The standard InChI is InChI=1S/C16H20N2O6/c1-11-12(5-3-6-13(11)18(22)23)14(19)17-8-4-7-16(9-17,10-24-2)15(20)21/h3,5-6H,4,7-10H2,1-2H3,(H,20,21). The first-order chi connectivity index (χ1) is 11.3. The topological polar surface area (TPSA) is 110 Å². The Hall–Kier alpha value is -2.48. The Morgan fingerprint density at radius 3 is 2.75 bits per heavy atom. The molecular formula is C16H20N2O6. The first kappa shape index (κ1) is 17.9. The molecule has 1 aliphatic heterocycles. The van der Waals surface area contributed by atoms with E-state index in [1.54, 1.807) is 0 Å². The third-order valence-electron chi connectivity index (χ3n) is 4.47. The van der Waals surface area contributed by atoms with Crippen LogP contribution in [0.25, 0.3) is 0 Å². The van der Waals surface area contributed by atoms with Gasteiger partial charge < -0.3 is 14.7 Å². The highest BCUT2D eigenvalue weighted by molar-refractivity contribution is 5.97. The number of methoxy groups -OCH3 is 1. The lowest BCUT2D eigenvalue weighted by Crippen LogP contribution is -2.52. The summed E-state index contributed by atoms with van der Waals surface area (Å²) < 4.78 is 5.05. The van der Waals surface area contributed by atoms with Gasteiger partial charge in [-0.1, -0.05) is 6.07 Å². The molecule has 0 bridgehead atoms. The molecule has 1 aromatic carbocycles. The highest BCUT2D eigenvalue weighted by atomic mass is 16.6. The molecule has 2 rings (SSSR count). The van der Waals surface area contributed by atoms with Crippen molar-refractivity contribution in [1.82, 2.24) is 4.90 Å². The van der Waals surface area contributed by atoms with Crippen molar-refractivity contribution < 1.29 is 24.4 Å². The highest BCUT2D eigenvalue weighted by Crippen LogP contribution is 2.32. The molecule has 130 valence electrons. The maximum atomic E-state index is 12.8. The Labute approximate surface area is 139 Å². The number of carbonyl (C=O) groups excluding carboxylic acids is 1. The van der Waals surface area contributed by atoms with Crippen LogP contribution in [0.1, 0.15) is 28.8 Å². The maximum Gasteiger partial charge on any atom is 0.313 e. The van der Waals surface area contributed by atoms with Gasteiger partial charge in [0.05, 0.1) is 11.5 Å². The van der Waals surface area contributed by atoms with Gasteiger partial charge in [-0.15, -0.1) is 0 Å². The van der Waals surface area contributed by atoms with E-state index in [9.17, 15) is 24.8 Å². The number of ether oxygens (including phenoxy) is 1. The molecule has 8 nitrogen and oxygen atoms in total. The molecule has 1 fully saturated rings. The number of piperidine rings is 1. The Kier molecular flexibility index (Phi) is 5.18. The third-order valence-corrected chi connectivity index (χ3v) is 4.47. The second kappa shape index (κ2) is 6.96. The van der Waals surface area contributed by atoms with E-state index in [1.807, 2.05) is 0 Å². The molecule has 1 unspecified atom stereocenters. The van der Waals surface area contributed by atoms with Gasteiger partial charge in [0.15, 0.2) is 0 Å². The van der Waals surface area contributed by atoms with E-state index in [0.717, 1.165) is 0 Å². The van der Waals surface area contributed by atoms with Crippen molar-refractivity contribution in [3.8, 4) is 0 Å². The summed E-state index contributed by atoms with van der Waals surface area (Å²) in [6.45, 7) is 1.98. The zero-order valence-corrected chi connectivity index (χ0v) is 13.7. The number of carboxylic acid groups (broad SMARTS) is 1. The minimum atomic E-state index is -1.14. The van der Waals surface area contributed by atoms with E-state index < -0.39 is 22.2 Å². The average Bonchev–Trinajstić information content (AvgIpc) is 2.54. The summed E-state index contributed by atoms with van der Waals surface area (Å²) in [6.07, 6.45) is 0.962. The molecule has 1 saturated heterocycles. The van der Waals surface area contributed by atoms with Gasteiger partial charge in [-0.05, 0) is 25.8 Å². The number of hydrogen-bond donors (Lipinski definition) is 1. The third kappa shape index (κ3) is 3.23. The summed E-state index contributed by atoms with van der Waals surface area (Å²) in [7, 11) is 1.43. The largest absolute Gasteiger partial charge is 0.481 e. The zero-order valence-electron chi connectivity index (χ0n) is 13.7. The van der Waals surface area contributed by atoms with Crippen LogP contribution in [0.15, 0.2) is 18.2 Å². The number of amides is 1. The fraction of sp³-hybridized carbons (Fsp3) is 0.500. The van der Waals surface area contributed by atoms with Crippen molar-refractivity contribution in [3.63, 3.8) is 0 Å². The summed E-state index contributed by atoms with van der Waals surface area (Å²) in [6, 6.07) is 4.33. The van der Waals surface area contributed by atoms with Crippen LogP contribution in [0.3, 0.4) is 0 Å². The predicted molar refractivity (Wildman–Crippen MR) is 84.9 cm³/mol. The van der Waals surface area contributed by atoms with Crippen molar-refractivity contribution in [2.24, 2.45) is 5.41 Å². The quantitative estimate of drug-likeness (QED) is 0.649. The van der Waals surface area contributed by atoms with E-state index in [-0.39, 0.29) is 30.0 Å². The van der Waals surface area contributed by atoms with E-state index in [0.29, 0.717) is 19.4 Å². The van der Waals surface area contributed by atoms with Crippen LogP contribution in [0.5, 0.6) is 0 Å². The molecule has 24 heavy (non-hydrogen) atoms. The van der Waals surface area contributed by atoms with E-state index in [1.165, 1.54) is 37.1 Å². The van der Waals surface area contributed by atoms with Crippen LogP contribution in [0, 0.1) is 22.5 Å². The van der Waals surface area contributed by atoms with E-state index in [2.05, 4.69) is 0 Å². The van der Waals surface area contributed by atoms with E-state index in [4.69, 9.17) is 4.74 Å². The second-order valence-electron chi connectivity index (χ2n) is 6.06. The second-order valence-corrected chi connectivity index (χ2v) is 6.06. The van der Waals surface area contributed by atoms with Gasteiger partial charge in [0.1, 0.15) is 5.41 Å². The Bertz CT molecular complexity index is 671. The van der Waals surface area contributed by atoms with Crippen molar-refractivity contribution in [1.29, 1.82) is 0 Å². The normalized spacial score (nSPS) is 20.7. The molecule has 0 radical (unpaired) electrons. The van der Waals surface area contributed by atoms with Gasteiger partial charge in [-0.25, -0.2) is 0 Å². The maximum absolute atomic E-state index is 12.8. The number of aliphatic carboxylic acids is 1. The van der Waals surface area contributed by atoms with Crippen molar-refractivity contribution in [3.05, 3.63) is 39.4 Å². The molecule has 0 aliphatic carbocycles. The Balaban J connectivity index is 2.32. The average molecular weight is 336 g/mol. The molecule has 0 spiro atoms. The van der Waals surface area contributed by atoms with Crippen molar-refractivity contribution >= 4 is 17.6 Å². The van der Waals surface area contributed by atoms with Crippen LogP contribution in [-0.4, -0.2) is 53.6 Å². The zero-order chi connectivity index (χ0) is 17.9. The number of rotatable bonds is 5. The lowest BCUT2D eigenvalue weighted by Gasteiger charge is -2.39. The SMILES string of the molecule is COCC1(C(=O)O)CCCN(C(=O)c2cccc([N+](=O)[O-])c2C)C1. The monoisotopic (exact) mass is 336 g/mol. The summed E-state index contributed by atoms with van der Waals surface area (Å²) >= 11 is 0. The van der Waals surface area contributed by atoms with Crippen LogP contribution in [-0.2, 0) is 9.53 Å². The van der Waals surface area contributed by atoms with E-state index >= 15 is 0 Å². The molecule has 1 amide bonds. The molecule has 1 aliphatic rings. The summed E-state index contributed by atoms with van der Waals surface area (Å²) in [4.78, 5) is 36.4. The molecule has 1 aromatic rings. The van der Waals surface area contributed by atoms with Crippen molar-refractivity contribution in [2.75, 3.05) is 26.8 Å². The molecule has 0 saturated carbocycles. The summed E-state index contributed by atoms with van der Waals surface area (Å²) in [5.41, 5.74) is -0.759.